The maximum Gasteiger partial charge on any atom is -0.0295 e. The minimum absolute atomic E-state index is 0.685. The van der Waals surface area contributed by atoms with Gasteiger partial charge in [-0.05, 0) is 36.5 Å². The van der Waals surface area contributed by atoms with E-state index in [4.69, 9.17) is 0 Å². The van der Waals surface area contributed by atoms with Crippen molar-refractivity contribution in [3.8, 4) is 0 Å². The number of rotatable bonds is 4. The molecule has 78 valence electrons. The van der Waals surface area contributed by atoms with Crippen molar-refractivity contribution in [2.45, 2.75) is 66.2 Å². The predicted octanol–water partition coefficient (Wildman–Crippen LogP) is 4.64. The van der Waals surface area contributed by atoms with Crippen LogP contribution in [0.1, 0.15) is 66.2 Å². The molecule has 0 bridgehead atoms. The van der Waals surface area contributed by atoms with Gasteiger partial charge in [0.05, 0.1) is 0 Å². The smallest absolute Gasteiger partial charge is 0.0295 e. The molecular weight excluding hydrogens is 156 g/mol. The van der Waals surface area contributed by atoms with Gasteiger partial charge in [0.15, 0.2) is 0 Å². The van der Waals surface area contributed by atoms with Gasteiger partial charge in [0.2, 0.25) is 0 Å². The topological polar surface area (TPSA) is 0 Å². The van der Waals surface area contributed by atoms with Crippen LogP contribution in [0.15, 0.2) is 0 Å². The third-order valence-electron chi connectivity index (χ3n) is 4.29. The standard InChI is InChI=1S/C13H26/c1-5-7-9-13(4)10-8-11(3)12(13)6-2/h11-12H,5-10H2,1-4H3. The Morgan fingerprint density at radius 2 is 2.00 bits per heavy atom. The van der Waals surface area contributed by atoms with E-state index in [2.05, 4.69) is 27.7 Å². The molecule has 1 fully saturated rings. The van der Waals surface area contributed by atoms with Crippen LogP contribution in [0.25, 0.3) is 0 Å². The number of unbranched alkanes of at least 4 members (excludes halogenated alkanes) is 1. The predicted molar refractivity (Wildman–Crippen MR) is 59.8 cm³/mol. The van der Waals surface area contributed by atoms with E-state index in [1.54, 1.807) is 0 Å². The fourth-order valence-electron chi connectivity index (χ4n) is 3.42. The summed E-state index contributed by atoms with van der Waals surface area (Å²) in [5.74, 6) is 1.98. The summed E-state index contributed by atoms with van der Waals surface area (Å²) in [4.78, 5) is 0. The van der Waals surface area contributed by atoms with E-state index in [-0.39, 0.29) is 0 Å². The van der Waals surface area contributed by atoms with Gasteiger partial charge in [-0.2, -0.15) is 0 Å². The second kappa shape index (κ2) is 4.48. The van der Waals surface area contributed by atoms with Gasteiger partial charge < -0.3 is 0 Å². The second-order valence-electron chi connectivity index (χ2n) is 5.29. The molecule has 0 heteroatoms. The average Bonchev–Trinajstić information content (AvgIpc) is 2.40. The first kappa shape index (κ1) is 11.1. The molecule has 1 saturated carbocycles. The maximum absolute atomic E-state index is 2.53. The van der Waals surface area contributed by atoms with E-state index in [0.29, 0.717) is 5.41 Å². The van der Waals surface area contributed by atoms with Crippen LogP contribution in [0.2, 0.25) is 0 Å². The molecule has 3 unspecified atom stereocenters. The normalized spacial score (nSPS) is 39.7. The van der Waals surface area contributed by atoms with Gasteiger partial charge >= 0.3 is 0 Å². The summed E-state index contributed by atoms with van der Waals surface area (Å²) in [6.45, 7) is 9.66. The van der Waals surface area contributed by atoms with Crippen molar-refractivity contribution in [3.05, 3.63) is 0 Å². The Labute approximate surface area is 84.1 Å². The van der Waals surface area contributed by atoms with Gasteiger partial charge in [-0.25, -0.2) is 0 Å². The van der Waals surface area contributed by atoms with Crippen LogP contribution < -0.4 is 0 Å². The zero-order chi connectivity index (χ0) is 9.90. The van der Waals surface area contributed by atoms with Crippen LogP contribution in [0.3, 0.4) is 0 Å². The number of hydrogen-bond donors (Lipinski definition) is 0. The summed E-state index contributed by atoms with van der Waals surface area (Å²) in [5, 5.41) is 0. The first-order valence-corrected chi connectivity index (χ1v) is 6.14. The van der Waals surface area contributed by atoms with Crippen molar-refractivity contribution in [1.82, 2.24) is 0 Å². The zero-order valence-electron chi connectivity index (χ0n) is 9.90. The fraction of sp³-hybridized carbons (Fsp3) is 1.00. The van der Waals surface area contributed by atoms with Crippen LogP contribution in [0, 0.1) is 17.3 Å². The van der Waals surface area contributed by atoms with E-state index in [1.165, 1.54) is 38.5 Å². The first-order chi connectivity index (χ1) is 6.14. The summed E-state index contributed by atoms with van der Waals surface area (Å²) in [6, 6.07) is 0. The minimum Gasteiger partial charge on any atom is -0.0654 e. The Bertz CT molecular complexity index is 150. The highest BCUT2D eigenvalue weighted by molar-refractivity contribution is 4.91. The highest BCUT2D eigenvalue weighted by Gasteiger charge is 2.40. The molecule has 1 aliphatic carbocycles. The van der Waals surface area contributed by atoms with Crippen molar-refractivity contribution < 1.29 is 0 Å². The van der Waals surface area contributed by atoms with Gasteiger partial charge in [-0.1, -0.05) is 47.0 Å². The molecule has 0 saturated heterocycles. The molecule has 0 nitrogen and oxygen atoms in total. The lowest BCUT2D eigenvalue weighted by Crippen LogP contribution is -2.23. The fourth-order valence-corrected chi connectivity index (χ4v) is 3.42. The quantitative estimate of drug-likeness (QED) is 0.594. The van der Waals surface area contributed by atoms with Crippen molar-refractivity contribution in [3.63, 3.8) is 0 Å². The van der Waals surface area contributed by atoms with Crippen molar-refractivity contribution >= 4 is 0 Å². The lowest BCUT2D eigenvalue weighted by atomic mass is 9.73. The van der Waals surface area contributed by atoms with E-state index in [0.717, 1.165) is 11.8 Å². The van der Waals surface area contributed by atoms with Crippen LogP contribution >= 0.6 is 0 Å². The van der Waals surface area contributed by atoms with Gasteiger partial charge in [0.25, 0.3) is 0 Å². The van der Waals surface area contributed by atoms with E-state index >= 15 is 0 Å². The molecule has 13 heavy (non-hydrogen) atoms. The average molecular weight is 182 g/mol. The summed E-state index contributed by atoms with van der Waals surface area (Å²) >= 11 is 0. The van der Waals surface area contributed by atoms with Gasteiger partial charge in [0.1, 0.15) is 0 Å². The molecule has 1 aliphatic rings. The Kier molecular flexibility index (Phi) is 3.82. The SMILES string of the molecule is CCCCC1(C)CCC(C)C1CC. The van der Waals surface area contributed by atoms with Crippen molar-refractivity contribution in [2.24, 2.45) is 17.3 Å². The molecule has 0 aromatic carbocycles. The van der Waals surface area contributed by atoms with Crippen LogP contribution in [-0.4, -0.2) is 0 Å². The molecule has 0 aromatic heterocycles. The molecule has 0 amide bonds. The van der Waals surface area contributed by atoms with E-state index in [9.17, 15) is 0 Å². The summed E-state index contributed by atoms with van der Waals surface area (Å²) < 4.78 is 0. The van der Waals surface area contributed by atoms with Gasteiger partial charge in [-0.15, -0.1) is 0 Å². The third kappa shape index (κ3) is 2.27. The summed E-state index contributed by atoms with van der Waals surface area (Å²) in [6.07, 6.45) is 8.60. The third-order valence-corrected chi connectivity index (χ3v) is 4.29. The molecule has 0 heterocycles. The Balaban J connectivity index is 2.55. The van der Waals surface area contributed by atoms with Crippen molar-refractivity contribution in [1.29, 1.82) is 0 Å². The largest absolute Gasteiger partial charge is 0.0654 e. The maximum atomic E-state index is 2.53. The van der Waals surface area contributed by atoms with Gasteiger partial charge in [0, 0.05) is 0 Å². The highest BCUT2D eigenvalue weighted by atomic mass is 14.5. The van der Waals surface area contributed by atoms with E-state index < -0.39 is 0 Å². The summed E-state index contributed by atoms with van der Waals surface area (Å²) in [5.41, 5.74) is 0.685. The molecule has 0 aromatic rings. The molecule has 0 N–H and O–H groups in total. The van der Waals surface area contributed by atoms with Gasteiger partial charge in [-0.3, -0.25) is 0 Å². The summed E-state index contributed by atoms with van der Waals surface area (Å²) in [7, 11) is 0. The number of hydrogen-bond acceptors (Lipinski definition) is 0. The monoisotopic (exact) mass is 182 g/mol. The highest BCUT2D eigenvalue weighted by Crippen LogP contribution is 2.51. The molecule has 1 rings (SSSR count). The van der Waals surface area contributed by atoms with Crippen LogP contribution in [0.4, 0.5) is 0 Å². The van der Waals surface area contributed by atoms with Crippen LogP contribution in [-0.2, 0) is 0 Å². The Morgan fingerprint density at radius 3 is 2.54 bits per heavy atom. The molecule has 0 aliphatic heterocycles. The lowest BCUT2D eigenvalue weighted by molar-refractivity contribution is 0.173. The lowest BCUT2D eigenvalue weighted by Gasteiger charge is -2.33. The van der Waals surface area contributed by atoms with Crippen LogP contribution in [0.5, 0.6) is 0 Å². The Morgan fingerprint density at radius 1 is 1.31 bits per heavy atom. The first-order valence-electron chi connectivity index (χ1n) is 6.14. The second-order valence-corrected chi connectivity index (χ2v) is 5.29. The molecular formula is C13H26. The van der Waals surface area contributed by atoms with E-state index in [1.807, 2.05) is 0 Å². The molecule has 0 spiro atoms. The molecule has 0 radical (unpaired) electrons. The molecule has 3 atom stereocenters. The van der Waals surface area contributed by atoms with Crippen molar-refractivity contribution in [2.75, 3.05) is 0 Å². The zero-order valence-corrected chi connectivity index (χ0v) is 9.90. The Hall–Kier alpha value is 0. The minimum atomic E-state index is 0.685.